The van der Waals surface area contributed by atoms with Crippen LogP contribution in [-0.2, 0) is 17.3 Å². The Morgan fingerprint density at radius 2 is 2.11 bits per heavy atom. The van der Waals surface area contributed by atoms with Crippen LogP contribution in [0.2, 0.25) is 5.15 Å². The van der Waals surface area contributed by atoms with E-state index in [1.165, 1.54) is 0 Å². The molecule has 1 fully saturated rings. The summed E-state index contributed by atoms with van der Waals surface area (Å²) >= 11 is 6.10. The Bertz CT molecular complexity index is 657. The number of hydrogen-bond acceptors (Lipinski definition) is 2. The van der Waals surface area contributed by atoms with Gasteiger partial charge in [0.25, 0.3) is 0 Å². The van der Waals surface area contributed by atoms with E-state index in [4.69, 9.17) is 11.6 Å². The van der Waals surface area contributed by atoms with Gasteiger partial charge in [-0.3, -0.25) is 9.48 Å². The topological polar surface area (TPSA) is 55.1 Å². The Kier molecular flexibility index (Phi) is 2.78. The fourth-order valence-electron chi connectivity index (χ4n) is 3.26. The van der Waals surface area contributed by atoms with E-state index in [0.29, 0.717) is 18.0 Å². The molecule has 100 valence electrons. The van der Waals surface area contributed by atoms with Gasteiger partial charge in [0, 0.05) is 12.4 Å². The summed E-state index contributed by atoms with van der Waals surface area (Å²) in [5.74, 6) is -0.741. The molecule has 0 aliphatic heterocycles. The standard InChI is InChI=1S/C14H15ClN2O2/c1-17-11-9(12(15)16-17)5-4-6-10(11)14(13(18)19)7-2-3-8-14/h4-6H,2-3,7-8H2,1H3,(H,18,19). The van der Waals surface area contributed by atoms with Crippen LogP contribution in [0.5, 0.6) is 0 Å². The molecule has 0 spiro atoms. The van der Waals surface area contributed by atoms with Crippen molar-refractivity contribution in [2.45, 2.75) is 31.1 Å². The first-order chi connectivity index (χ1) is 9.06. The minimum absolute atomic E-state index is 0.429. The fraction of sp³-hybridized carbons (Fsp3) is 0.429. The van der Waals surface area contributed by atoms with Crippen LogP contribution in [0.15, 0.2) is 18.2 Å². The van der Waals surface area contributed by atoms with Gasteiger partial charge < -0.3 is 5.11 Å². The van der Waals surface area contributed by atoms with Crippen LogP contribution in [-0.4, -0.2) is 20.9 Å². The molecule has 3 rings (SSSR count). The van der Waals surface area contributed by atoms with E-state index in [1.54, 1.807) is 4.68 Å². The lowest BCUT2D eigenvalue weighted by atomic mass is 9.78. The number of fused-ring (bicyclic) bond motifs is 1. The number of aliphatic carboxylic acids is 1. The molecule has 1 aromatic carbocycles. The zero-order chi connectivity index (χ0) is 13.6. The zero-order valence-electron chi connectivity index (χ0n) is 10.7. The molecule has 1 N–H and O–H groups in total. The van der Waals surface area contributed by atoms with Crippen molar-refractivity contribution in [3.63, 3.8) is 0 Å². The third kappa shape index (κ3) is 1.66. The normalized spacial score (nSPS) is 18.0. The van der Waals surface area contributed by atoms with Gasteiger partial charge >= 0.3 is 5.97 Å². The van der Waals surface area contributed by atoms with Gasteiger partial charge in [0.05, 0.1) is 10.9 Å². The largest absolute Gasteiger partial charge is 0.481 e. The summed E-state index contributed by atoms with van der Waals surface area (Å²) < 4.78 is 1.69. The van der Waals surface area contributed by atoms with E-state index in [0.717, 1.165) is 29.3 Å². The summed E-state index contributed by atoms with van der Waals surface area (Å²) in [6.07, 6.45) is 3.27. The number of nitrogens with zero attached hydrogens (tertiary/aromatic N) is 2. The fourth-order valence-corrected chi connectivity index (χ4v) is 3.52. The Labute approximate surface area is 116 Å². The van der Waals surface area contributed by atoms with Crippen molar-refractivity contribution in [1.82, 2.24) is 9.78 Å². The molecule has 1 aliphatic rings. The molecule has 0 saturated heterocycles. The van der Waals surface area contributed by atoms with Crippen LogP contribution >= 0.6 is 11.6 Å². The van der Waals surface area contributed by atoms with E-state index in [2.05, 4.69) is 5.10 Å². The maximum atomic E-state index is 11.8. The molecule has 1 aliphatic carbocycles. The second kappa shape index (κ2) is 4.23. The van der Waals surface area contributed by atoms with E-state index >= 15 is 0 Å². The zero-order valence-corrected chi connectivity index (χ0v) is 11.4. The Hall–Kier alpha value is -1.55. The average molecular weight is 279 g/mol. The third-order valence-corrected chi connectivity index (χ3v) is 4.48. The number of halogens is 1. The van der Waals surface area contributed by atoms with E-state index in [9.17, 15) is 9.90 Å². The molecular weight excluding hydrogens is 264 g/mol. The number of rotatable bonds is 2. The molecule has 0 unspecified atom stereocenters. The number of hydrogen-bond donors (Lipinski definition) is 1. The van der Waals surface area contributed by atoms with E-state index in [-0.39, 0.29) is 0 Å². The molecule has 2 aromatic rings. The van der Waals surface area contributed by atoms with Crippen LogP contribution in [0.25, 0.3) is 10.9 Å². The monoisotopic (exact) mass is 278 g/mol. The summed E-state index contributed by atoms with van der Waals surface area (Å²) in [6, 6.07) is 5.66. The maximum Gasteiger partial charge on any atom is 0.314 e. The molecule has 0 amide bonds. The van der Waals surface area contributed by atoms with Crippen LogP contribution < -0.4 is 0 Å². The first-order valence-electron chi connectivity index (χ1n) is 6.41. The van der Waals surface area contributed by atoms with Gasteiger partial charge in [-0.2, -0.15) is 5.10 Å². The van der Waals surface area contributed by atoms with Crippen molar-refractivity contribution in [3.05, 3.63) is 28.9 Å². The number of para-hydroxylation sites is 1. The van der Waals surface area contributed by atoms with E-state index in [1.807, 2.05) is 25.2 Å². The highest BCUT2D eigenvalue weighted by Gasteiger charge is 2.44. The smallest absolute Gasteiger partial charge is 0.314 e. The van der Waals surface area contributed by atoms with Gasteiger partial charge in [-0.1, -0.05) is 36.6 Å². The first kappa shape index (κ1) is 12.5. The summed E-state index contributed by atoms with van der Waals surface area (Å²) in [6.45, 7) is 0. The molecule has 1 saturated carbocycles. The Balaban J connectivity index is 2.33. The Morgan fingerprint density at radius 1 is 1.42 bits per heavy atom. The maximum absolute atomic E-state index is 11.8. The molecule has 19 heavy (non-hydrogen) atoms. The molecule has 5 heteroatoms. The first-order valence-corrected chi connectivity index (χ1v) is 6.79. The second-order valence-electron chi connectivity index (χ2n) is 5.21. The second-order valence-corrected chi connectivity index (χ2v) is 5.57. The van der Waals surface area contributed by atoms with Crippen molar-refractivity contribution in [2.24, 2.45) is 7.05 Å². The van der Waals surface area contributed by atoms with Crippen molar-refractivity contribution in [2.75, 3.05) is 0 Å². The lowest BCUT2D eigenvalue weighted by Gasteiger charge is -2.25. The SMILES string of the molecule is Cn1nc(Cl)c2cccc(C3(C(=O)O)CCCC3)c21. The van der Waals surface area contributed by atoms with Crippen molar-refractivity contribution >= 4 is 28.5 Å². The number of carbonyl (C=O) groups is 1. The minimum Gasteiger partial charge on any atom is -0.481 e. The van der Waals surface area contributed by atoms with Gasteiger partial charge in [0.1, 0.15) is 0 Å². The summed E-state index contributed by atoms with van der Waals surface area (Å²) in [7, 11) is 1.81. The predicted molar refractivity (Wildman–Crippen MR) is 73.5 cm³/mol. The van der Waals surface area contributed by atoms with Gasteiger partial charge in [-0.15, -0.1) is 0 Å². The summed E-state index contributed by atoms with van der Waals surface area (Å²) in [5, 5.41) is 15.2. The number of carboxylic acids is 1. The lowest BCUT2D eigenvalue weighted by molar-refractivity contribution is -0.143. The highest BCUT2D eigenvalue weighted by atomic mass is 35.5. The Morgan fingerprint density at radius 3 is 2.74 bits per heavy atom. The molecule has 0 bridgehead atoms. The van der Waals surface area contributed by atoms with Gasteiger partial charge in [0.2, 0.25) is 0 Å². The molecule has 1 heterocycles. The van der Waals surface area contributed by atoms with Crippen molar-refractivity contribution in [1.29, 1.82) is 0 Å². The van der Waals surface area contributed by atoms with Gasteiger partial charge in [-0.25, -0.2) is 0 Å². The van der Waals surface area contributed by atoms with Gasteiger partial charge in [-0.05, 0) is 24.5 Å². The quantitative estimate of drug-likeness (QED) is 0.918. The molecule has 4 nitrogen and oxygen atoms in total. The highest BCUT2D eigenvalue weighted by Crippen LogP contribution is 2.44. The third-order valence-electron chi connectivity index (χ3n) is 4.20. The number of benzene rings is 1. The van der Waals surface area contributed by atoms with Gasteiger partial charge in [0.15, 0.2) is 5.15 Å². The average Bonchev–Trinajstić information content (AvgIpc) is 2.97. The minimum atomic E-state index is -0.781. The van der Waals surface area contributed by atoms with Crippen molar-refractivity contribution < 1.29 is 9.90 Å². The summed E-state index contributed by atoms with van der Waals surface area (Å²) in [4.78, 5) is 11.8. The lowest BCUT2D eigenvalue weighted by Crippen LogP contribution is -2.33. The molecule has 0 atom stereocenters. The number of aryl methyl sites for hydroxylation is 1. The van der Waals surface area contributed by atoms with Crippen LogP contribution in [0.1, 0.15) is 31.2 Å². The molecule has 0 radical (unpaired) electrons. The van der Waals surface area contributed by atoms with Crippen LogP contribution in [0.4, 0.5) is 0 Å². The predicted octanol–water partition coefficient (Wildman–Crippen LogP) is 3.12. The van der Waals surface area contributed by atoms with E-state index < -0.39 is 11.4 Å². The van der Waals surface area contributed by atoms with Crippen LogP contribution in [0.3, 0.4) is 0 Å². The highest BCUT2D eigenvalue weighted by molar-refractivity contribution is 6.34. The van der Waals surface area contributed by atoms with Crippen molar-refractivity contribution in [3.8, 4) is 0 Å². The number of aromatic nitrogens is 2. The molecular formula is C14H15ClN2O2. The molecule has 1 aromatic heterocycles. The number of carboxylic acid groups (broad SMARTS) is 1. The summed E-state index contributed by atoms with van der Waals surface area (Å²) in [5.41, 5.74) is 0.907. The van der Waals surface area contributed by atoms with Crippen LogP contribution in [0, 0.1) is 0 Å².